The molecule has 0 heterocycles. The first kappa shape index (κ1) is 16.7. The third-order valence-electron chi connectivity index (χ3n) is 3.26. The average Bonchev–Trinajstić information content (AvgIpc) is 3.12. The van der Waals surface area contributed by atoms with Crippen LogP contribution >= 0.6 is 0 Å². The van der Waals surface area contributed by atoms with Crippen molar-refractivity contribution in [3.05, 3.63) is 35.4 Å². The third kappa shape index (κ3) is 5.26. The van der Waals surface area contributed by atoms with Crippen LogP contribution in [0, 0.1) is 0 Å². The van der Waals surface area contributed by atoms with Gasteiger partial charge in [-0.25, -0.2) is 13.6 Å². The lowest BCUT2D eigenvalue weighted by molar-refractivity contribution is 0.0522. The molecule has 2 unspecified atom stereocenters. The maximum atomic E-state index is 12.6. The van der Waals surface area contributed by atoms with Crippen molar-refractivity contribution in [1.82, 2.24) is 10.6 Å². The van der Waals surface area contributed by atoms with Crippen LogP contribution in [0.4, 0.5) is 13.6 Å². The van der Waals surface area contributed by atoms with Crippen LogP contribution in [-0.2, 0) is 11.3 Å². The topological polar surface area (TPSA) is 50.4 Å². The highest BCUT2D eigenvalue weighted by molar-refractivity contribution is 5.68. The van der Waals surface area contributed by atoms with Crippen molar-refractivity contribution in [3.8, 4) is 0 Å². The number of ether oxygens (including phenoxy) is 1. The highest BCUT2D eigenvalue weighted by atomic mass is 19.3. The minimum absolute atomic E-state index is 0.0264. The Morgan fingerprint density at radius 1 is 1.36 bits per heavy atom. The van der Waals surface area contributed by atoms with Crippen LogP contribution in [0.25, 0.3) is 0 Å². The van der Waals surface area contributed by atoms with Crippen LogP contribution in [0.2, 0.25) is 0 Å². The molecule has 2 N–H and O–H groups in total. The lowest BCUT2D eigenvalue weighted by Crippen LogP contribution is -2.36. The molecule has 1 aromatic carbocycles. The van der Waals surface area contributed by atoms with Crippen molar-refractivity contribution in [2.75, 3.05) is 0 Å². The van der Waals surface area contributed by atoms with E-state index in [2.05, 4.69) is 10.6 Å². The Morgan fingerprint density at radius 2 is 2.09 bits per heavy atom. The van der Waals surface area contributed by atoms with Crippen molar-refractivity contribution in [2.24, 2.45) is 0 Å². The minimum atomic E-state index is -2.46. The van der Waals surface area contributed by atoms with Gasteiger partial charge in [0.05, 0.1) is 0 Å². The fraction of sp³-hybridized carbons (Fsp3) is 0.562. The Morgan fingerprint density at radius 3 is 2.73 bits per heavy atom. The molecular formula is C16H22F2N2O2. The van der Waals surface area contributed by atoms with E-state index in [0.717, 1.165) is 12.0 Å². The molecule has 1 aromatic rings. The van der Waals surface area contributed by atoms with E-state index in [0.29, 0.717) is 6.54 Å². The summed E-state index contributed by atoms with van der Waals surface area (Å²) in [7, 11) is 0. The summed E-state index contributed by atoms with van der Waals surface area (Å²) in [6.45, 7) is 5.93. The molecule has 4 nitrogen and oxygen atoms in total. The number of hydrogen-bond acceptors (Lipinski definition) is 3. The SMILES string of the molecule is CC(C)(C)OC(=O)NC1CC1NCc1cccc(C(F)F)c1. The standard InChI is InChI=1S/C16H22F2N2O2/c1-16(2,3)22-15(21)20-13-8-12(13)19-9-10-5-4-6-11(7-10)14(17)18/h4-7,12-14,19H,8-9H2,1-3H3,(H,20,21). The van der Waals surface area contributed by atoms with Crippen LogP contribution in [-0.4, -0.2) is 23.8 Å². The van der Waals surface area contributed by atoms with Crippen LogP contribution in [0.1, 0.15) is 44.7 Å². The van der Waals surface area contributed by atoms with Gasteiger partial charge in [-0.2, -0.15) is 0 Å². The summed E-state index contributed by atoms with van der Waals surface area (Å²) in [5.74, 6) is 0. The molecule has 0 aliphatic heterocycles. The second kappa shape index (κ2) is 6.60. The highest BCUT2D eigenvalue weighted by Crippen LogP contribution is 2.23. The number of alkyl carbamates (subject to hydrolysis) is 1. The molecule has 1 aliphatic rings. The lowest BCUT2D eigenvalue weighted by Gasteiger charge is -2.19. The molecule has 0 bridgehead atoms. The molecule has 2 rings (SSSR count). The molecule has 1 aliphatic carbocycles. The zero-order valence-electron chi connectivity index (χ0n) is 13.0. The van der Waals surface area contributed by atoms with Crippen LogP contribution in [0.15, 0.2) is 24.3 Å². The maximum Gasteiger partial charge on any atom is 0.407 e. The van der Waals surface area contributed by atoms with Crippen LogP contribution < -0.4 is 10.6 Å². The van der Waals surface area contributed by atoms with Gasteiger partial charge < -0.3 is 15.4 Å². The first-order valence-corrected chi connectivity index (χ1v) is 7.34. The fourth-order valence-electron chi connectivity index (χ4n) is 2.13. The number of carbonyl (C=O) groups excluding carboxylic acids is 1. The van der Waals surface area contributed by atoms with Gasteiger partial charge in [0.15, 0.2) is 0 Å². The van der Waals surface area contributed by atoms with E-state index in [-0.39, 0.29) is 17.6 Å². The number of alkyl halides is 2. The second-order valence-corrected chi connectivity index (χ2v) is 6.52. The predicted octanol–water partition coefficient (Wildman–Crippen LogP) is 3.38. The Hall–Kier alpha value is -1.69. The molecular weight excluding hydrogens is 290 g/mol. The van der Waals surface area contributed by atoms with Gasteiger partial charge in [-0.05, 0) is 38.8 Å². The third-order valence-corrected chi connectivity index (χ3v) is 3.26. The van der Waals surface area contributed by atoms with Crippen molar-refractivity contribution < 1.29 is 18.3 Å². The van der Waals surface area contributed by atoms with E-state index in [1.54, 1.807) is 12.1 Å². The zero-order chi connectivity index (χ0) is 16.3. The quantitative estimate of drug-likeness (QED) is 0.876. The summed E-state index contributed by atoms with van der Waals surface area (Å²) in [5, 5.41) is 6.02. The molecule has 1 amide bonds. The van der Waals surface area contributed by atoms with Crippen LogP contribution in [0.5, 0.6) is 0 Å². The average molecular weight is 312 g/mol. The molecule has 1 fully saturated rings. The zero-order valence-corrected chi connectivity index (χ0v) is 13.0. The Balaban J connectivity index is 1.74. The summed E-state index contributed by atoms with van der Waals surface area (Å²) in [6, 6.07) is 6.53. The molecule has 22 heavy (non-hydrogen) atoms. The largest absolute Gasteiger partial charge is 0.444 e. The summed E-state index contributed by atoms with van der Waals surface area (Å²) in [4.78, 5) is 11.6. The van der Waals surface area contributed by atoms with Gasteiger partial charge in [0.25, 0.3) is 6.43 Å². The number of hydrogen-bond donors (Lipinski definition) is 2. The molecule has 0 radical (unpaired) electrons. The van der Waals surface area contributed by atoms with Gasteiger partial charge in [0.2, 0.25) is 0 Å². The van der Waals surface area contributed by atoms with Gasteiger partial charge in [-0.3, -0.25) is 0 Å². The van der Waals surface area contributed by atoms with Crippen molar-refractivity contribution in [1.29, 1.82) is 0 Å². The lowest BCUT2D eigenvalue weighted by atomic mass is 10.1. The predicted molar refractivity (Wildman–Crippen MR) is 79.8 cm³/mol. The molecule has 6 heteroatoms. The van der Waals surface area contributed by atoms with E-state index in [1.165, 1.54) is 12.1 Å². The molecule has 1 saturated carbocycles. The number of rotatable bonds is 5. The molecule has 2 atom stereocenters. The Bertz CT molecular complexity index is 529. The summed E-state index contributed by atoms with van der Waals surface area (Å²) < 4.78 is 30.4. The second-order valence-electron chi connectivity index (χ2n) is 6.52. The fourth-order valence-corrected chi connectivity index (χ4v) is 2.13. The van der Waals surface area contributed by atoms with Gasteiger partial charge in [-0.1, -0.05) is 18.2 Å². The summed E-state index contributed by atoms with van der Waals surface area (Å²) in [6.07, 6.45) is -2.07. The minimum Gasteiger partial charge on any atom is -0.444 e. The van der Waals surface area contributed by atoms with E-state index >= 15 is 0 Å². The first-order chi connectivity index (χ1) is 10.2. The first-order valence-electron chi connectivity index (χ1n) is 7.34. The molecule has 0 spiro atoms. The van der Waals surface area contributed by atoms with Gasteiger partial charge in [0.1, 0.15) is 5.60 Å². The number of benzene rings is 1. The van der Waals surface area contributed by atoms with Gasteiger partial charge in [0, 0.05) is 24.2 Å². The summed E-state index contributed by atoms with van der Waals surface area (Å²) >= 11 is 0. The number of carbonyl (C=O) groups is 1. The van der Waals surface area contributed by atoms with Crippen molar-refractivity contribution in [2.45, 2.75) is 57.8 Å². The van der Waals surface area contributed by atoms with Crippen molar-refractivity contribution >= 4 is 6.09 Å². The Kier molecular flexibility index (Phi) is 5.01. The number of amides is 1. The van der Waals surface area contributed by atoms with Crippen LogP contribution in [0.3, 0.4) is 0 Å². The maximum absolute atomic E-state index is 12.6. The Labute approximate surface area is 129 Å². The van der Waals surface area contributed by atoms with E-state index in [1.807, 2.05) is 20.8 Å². The molecule has 0 aromatic heterocycles. The normalized spacial score (nSPS) is 20.8. The number of halogens is 2. The summed E-state index contributed by atoms with van der Waals surface area (Å²) in [5.41, 5.74) is 0.316. The van der Waals surface area contributed by atoms with Gasteiger partial charge in [-0.15, -0.1) is 0 Å². The van der Waals surface area contributed by atoms with Gasteiger partial charge >= 0.3 is 6.09 Å². The smallest absolute Gasteiger partial charge is 0.407 e. The monoisotopic (exact) mass is 312 g/mol. The van der Waals surface area contributed by atoms with Crippen molar-refractivity contribution in [3.63, 3.8) is 0 Å². The number of nitrogens with one attached hydrogen (secondary N) is 2. The van der Waals surface area contributed by atoms with E-state index < -0.39 is 18.1 Å². The molecule has 122 valence electrons. The van der Waals surface area contributed by atoms with E-state index in [4.69, 9.17) is 4.74 Å². The van der Waals surface area contributed by atoms with E-state index in [9.17, 15) is 13.6 Å². The molecule has 0 saturated heterocycles. The highest BCUT2D eigenvalue weighted by Gasteiger charge is 2.38.